The highest BCUT2D eigenvalue weighted by Gasteiger charge is 2.60. The number of nitrogens with zero attached hydrogens (tertiary/aromatic N) is 1. The lowest BCUT2D eigenvalue weighted by molar-refractivity contribution is -0.485. The summed E-state index contributed by atoms with van der Waals surface area (Å²) in [6, 6.07) is 0. The molecule has 6 fully saturated rings. The largest absolute Gasteiger partial charge is 0.355 e. The summed E-state index contributed by atoms with van der Waals surface area (Å²) in [6.07, 6.45) is 10.7. The molecular formula is C24H41N3O4. The van der Waals surface area contributed by atoms with E-state index in [1.165, 1.54) is 32.1 Å². The second-order valence-corrected chi connectivity index (χ2v) is 10.9. The number of hydrogen-bond acceptors (Lipinski definition) is 6. The normalized spacial score (nSPS) is 42.6. The highest BCUT2D eigenvalue weighted by molar-refractivity contribution is 5.78. The third kappa shape index (κ3) is 4.81. The summed E-state index contributed by atoms with van der Waals surface area (Å²) < 4.78 is 6.05. The second kappa shape index (κ2) is 9.64. The number of ether oxygens (including phenoxy) is 1. The van der Waals surface area contributed by atoms with E-state index in [4.69, 9.17) is 14.5 Å². The molecule has 0 unspecified atom stereocenters. The smallest absolute Gasteiger partial charge is 0.234 e. The first-order valence-corrected chi connectivity index (χ1v) is 12.7. The van der Waals surface area contributed by atoms with Crippen LogP contribution in [0, 0.1) is 29.6 Å². The number of carbonyl (C=O) groups excluding carboxylic acids is 1. The lowest BCUT2D eigenvalue weighted by Gasteiger charge is -2.58. The third-order valence-electron chi connectivity index (χ3n) is 8.87. The first kappa shape index (κ1) is 22.1. The van der Waals surface area contributed by atoms with Crippen molar-refractivity contribution in [2.75, 3.05) is 46.4 Å². The quantitative estimate of drug-likeness (QED) is 0.346. The molecule has 1 saturated heterocycles. The average Bonchev–Trinajstić information content (AvgIpc) is 2.79. The maximum atomic E-state index is 12.3. The Balaban J connectivity index is 1.03. The van der Waals surface area contributed by atoms with E-state index in [1.807, 2.05) is 7.11 Å². The number of amides is 1. The van der Waals surface area contributed by atoms with Crippen molar-refractivity contribution in [3.05, 3.63) is 0 Å². The van der Waals surface area contributed by atoms with Gasteiger partial charge >= 0.3 is 0 Å². The van der Waals surface area contributed by atoms with Gasteiger partial charge in [0.05, 0.1) is 12.6 Å². The van der Waals surface area contributed by atoms with Crippen molar-refractivity contribution in [3.63, 3.8) is 0 Å². The molecule has 0 atom stereocenters. The maximum absolute atomic E-state index is 12.3. The van der Waals surface area contributed by atoms with Crippen molar-refractivity contribution >= 4 is 5.91 Å². The van der Waals surface area contributed by atoms with Gasteiger partial charge < -0.3 is 15.4 Å². The molecule has 31 heavy (non-hydrogen) atoms. The zero-order valence-corrected chi connectivity index (χ0v) is 19.2. The van der Waals surface area contributed by atoms with E-state index in [9.17, 15) is 4.79 Å². The monoisotopic (exact) mass is 435 g/mol. The molecule has 5 saturated carbocycles. The van der Waals surface area contributed by atoms with Crippen molar-refractivity contribution in [1.29, 1.82) is 0 Å². The fourth-order valence-electron chi connectivity index (χ4n) is 7.31. The highest BCUT2D eigenvalue weighted by Crippen LogP contribution is 2.60. The number of nitrogens with one attached hydrogen (secondary N) is 2. The molecule has 4 bridgehead atoms. The Labute approximate surface area is 186 Å². The molecule has 0 aromatic heterocycles. The molecular weight excluding hydrogens is 394 g/mol. The van der Waals surface area contributed by atoms with Gasteiger partial charge in [-0.05, 0) is 75.5 Å². The standard InChI is InChI=1S/C24H41N3O4/c1-29-24(20-11-18-10-19(13-20)14-21(24)12-18)31-30-22-4-2-17(3-5-22)15-26-23(28)16-27-8-6-25-7-9-27/h17-22,25H,2-16H2,1H3,(H,26,28). The van der Waals surface area contributed by atoms with Crippen LogP contribution in [0.5, 0.6) is 0 Å². The van der Waals surface area contributed by atoms with Crippen LogP contribution >= 0.6 is 0 Å². The van der Waals surface area contributed by atoms with Crippen LogP contribution < -0.4 is 10.6 Å². The van der Waals surface area contributed by atoms with Crippen LogP contribution in [0.2, 0.25) is 0 Å². The molecule has 1 amide bonds. The molecule has 6 aliphatic rings. The number of rotatable bonds is 8. The van der Waals surface area contributed by atoms with Gasteiger partial charge in [-0.25, -0.2) is 9.78 Å². The van der Waals surface area contributed by atoms with E-state index >= 15 is 0 Å². The van der Waals surface area contributed by atoms with Gasteiger partial charge in [-0.15, -0.1) is 0 Å². The van der Waals surface area contributed by atoms with Crippen LogP contribution in [0.15, 0.2) is 0 Å². The molecule has 176 valence electrons. The molecule has 0 radical (unpaired) electrons. The molecule has 0 spiro atoms. The molecule has 7 heteroatoms. The molecule has 6 rings (SSSR count). The molecule has 7 nitrogen and oxygen atoms in total. The highest BCUT2D eigenvalue weighted by atomic mass is 17.2. The average molecular weight is 436 g/mol. The maximum Gasteiger partial charge on any atom is 0.234 e. The Morgan fingerprint density at radius 3 is 2.26 bits per heavy atom. The van der Waals surface area contributed by atoms with Crippen LogP contribution in [-0.4, -0.2) is 69.1 Å². The summed E-state index contributed by atoms with van der Waals surface area (Å²) >= 11 is 0. The minimum atomic E-state index is -0.512. The van der Waals surface area contributed by atoms with E-state index < -0.39 is 5.79 Å². The molecule has 0 aromatic rings. The Hall–Kier alpha value is -0.730. The number of piperazine rings is 1. The molecule has 1 aliphatic heterocycles. The van der Waals surface area contributed by atoms with E-state index in [1.54, 1.807) is 0 Å². The van der Waals surface area contributed by atoms with Crippen LogP contribution in [0.3, 0.4) is 0 Å². The van der Waals surface area contributed by atoms with Gasteiger partial charge in [-0.3, -0.25) is 9.69 Å². The minimum Gasteiger partial charge on any atom is -0.355 e. The van der Waals surface area contributed by atoms with Gasteiger partial charge in [-0.2, -0.15) is 0 Å². The molecule has 5 aliphatic carbocycles. The van der Waals surface area contributed by atoms with Crippen LogP contribution in [0.4, 0.5) is 0 Å². The second-order valence-electron chi connectivity index (χ2n) is 10.9. The number of methoxy groups -OCH3 is 1. The molecule has 0 aromatic carbocycles. The van der Waals surface area contributed by atoms with Crippen molar-refractivity contribution in [3.8, 4) is 0 Å². The summed E-state index contributed by atoms with van der Waals surface area (Å²) in [5.74, 6) is 2.95. The first-order valence-electron chi connectivity index (χ1n) is 12.7. The van der Waals surface area contributed by atoms with Crippen molar-refractivity contribution in [1.82, 2.24) is 15.5 Å². The van der Waals surface area contributed by atoms with Crippen molar-refractivity contribution in [2.24, 2.45) is 29.6 Å². The van der Waals surface area contributed by atoms with Crippen molar-refractivity contribution in [2.45, 2.75) is 69.7 Å². The SMILES string of the molecule is COC1(OOC2CCC(CNC(=O)CN3CCNCC3)CC2)C2CC3CC(C2)CC1C3. The number of carbonyl (C=O) groups is 1. The molecule has 2 N–H and O–H groups in total. The third-order valence-corrected chi connectivity index (χ3v) is 8.87. The van der Waals surface area contributed by atoms with Crippen molar-refractivity contribution < 1.29 is 19.3 Å². The van der Waals surface area contributed by atoms with Gasteiger partial charge in [0.2, 0.25) is 11.7 Å². The number of hydrogen-bond donors (Lipinski definition) is 2. The van der Waals surface area contributed by atoms with Gasteiger partial charge in [0.1, 0.15) is 0 Å². The summed E-state index contributed by atoms with van der Waals surface area (Å²) in [5.41, 5.74) is 0. The van der Waals surface area contributed by atoms with Gasteiger partial charge in [-0.1, -0.05) is 0 Å². The fourth-order valence-corrected chi connectivity index (χ4v) is 7.31. The van der Waals surface area contributed by atoms with Crippen LogP contribution in [0.25, 0.3) is 0 Å². The van der Waals surface area contributed by atoms with E-state index in [-0.39, 0.29) is 12.0 Å². The predicted octanol–water partition coefficient (Wildman–Crippen LogP) is 2.31. The first-order chi connectivity index (χ1) is 15.1. The van der Waals surface area contributed by atoms with Gasteiger partial charge in [0.25, 0.3) is 0 Å². The summed E-state index contributed by atoms with van der Waals surface area (Å²) in [5, 5.41) is 6.48. The Kier molecular flexibility index (Phi) is 6.86. The Morgan fingerprint density at radius 1 is 1.00 bits per heavy atom. The lowest BCUT2D eigenvalue weighted by atomic mass is 9.53. The fraction of sp³-hybridized carbons (Fsp3) is 0.958. The summed E-state index contributed by atoms with van der Waals surface area (Å²) in [7, 11) is 1.81. The Bertz CT molecular complexity index is 588. The summed E-state index contributed by atoms with van der Waals surface area (Å²) in [6.45, 7) is 5.19. The van der Waals surface area contributed by atoms with E-state index in [0.29, 0.717) is 24.3 Å². The topological polar surface area (TPSA) is 72.1 Å². The zero-order valence-electron chi connectivity index (χ0n) is 19.2. The van der Waals surface area contributed by atoms with Crippen LogP contribution in [0.1, 0.15) is 57.8 Å². The van der Waals surface area contributed by atoms with Gasteiger partial charge in [0.15, 0.2) is 0 Å². The predicted molar refractivity (Wildman–Crippen MR) is 117 cm³/mol. The minimum absolute atomic E-state index is 0.150. The lowest BCUT2D eigenvalue weighted by Crippen LogP contribution is -2.60. The van der Waals surface area contributed by atoms with Crippen LogP contribution in [-0.2, 0) is 19.3 Å². The Morgan fingerprint density at radius 2 is 1.65 bits per heavy atom. The summed E-state index contributed by atoms with van der Waals surface area (Å²) in [4.78, 5) is 26.7. The molecule has 1 heterocycles. The zero-order chi connectivity index (χ0) is 21.3. The van der Waals surface area contributed by atoms with Gasteiger partial charge in [0, 0.05) is 51.7 Å². The van der Waals surface area contributed by atoms with E-state index in [2.05, 4.69) is 15.5 Å². The van der Waals surface area contributed by atoms with E-state index in [0.717, 1.165) is 70.2 Å².